The maximum absolute atomic E-state index is 12.0. The molecule has 0 radical (unpaired) electrons. The molecule has 0 aliphatic heterocycles. The number of carbonyl (C=O) groups is 1. The monoisotopic (exact) mass is 304 g/mol. The van der Waals surface area contributed by atoms with E-state index in [1.807, 2.05) is 25.1 Å². The average Bonchev–Trinajstić information content (AvgIpc) is 2.34. The molecule has 0 spiro atoms. The normalized spacial score (nSPS) is 10.1. The second-order valence-corrected chi connectivity index (χ2v) is 4.86. The van der Waals surface area contributed by atoms with E-state index in [0.717, 1.165) is 15.7 Å². The number of amides is 1. The van der Waals surface area contributed by atoms with E-state index >= 15 is 0 Å². The van der Waals surface area contributed by atoms with Gasteiger partial charge < -0.3 is 11.1 Å². The number of rotatable bonds is 2. The van der Waals surface area contributed by atoms with E-state index in [2.05, 4.69) is 21.2 Å². The van der Waals surface area contributed by atoms with Gasteiger partial charge in [-0.05, 0) is 42.8 Å². The molecule has 0 atom stereocenters. The van der Waals surface area contributed by atoms with Crippen LogP contribution in [0, 0.1) is 6.92 Å². The molecule has 0 bridgehead atoms. The molecular formula is C14H13BrN2O. The number of nitrogens with two attached hydrogens (primary N) is 1. The van der Waals surface area contributed by atoms with Crippen LogP contribution in [0.25, 0.3) is 0 Å². The third kappa shape index (κ3) is 2.71. The van der Waals surface area contributed by atoms with E-state index < -0.39 is 0 Å². The van der Waals surface area contributed by atoms with Gasteiger partial charge in [-0.2, -0.15) is 0 Å². The molecule has 0 unspecified atom stereocenters. The fraction of sp³-hybridized carbons (Fsp3) is 0.0714. The van der Waals surface area contributed by atoms with Crippen LogP contribution in [0.15, 0.2) is 46.9 Å². The minimum atomic E-state index is -0.199. The SMILES string of the molecule is Cc1cc(NC(=O)c2ccccc2N)ccc1Br. The smallest absolute Gasteiger partial charge is 0.257 e. The lowest BCUT2D eigenvalue weighted by Gasteiger charge is -2.08. The molecule has 3 N–H and O–H groups in total. The quantitative estimate of drug-likeness (QED) is 0.833. The van der Waals surface area contributed by atoms with Crippen LogP contribution in [0.1, 0.15) is 15.9 Å². The number of carbonyl (C=O) groups excluding carboxylic acids is 1. The van der Waals surface area contributed by atoms with Gasteiger partial charge in [-0.1, -0.05) is 28.1 Å². The molecule has 2 aromatic rings. The highest BCUT2D eigenvalue weighted by Gasteiger charge is 2.09. The van der Waals surface area contributed by atoms with Crippen LogP contribution < -0.4 is 11.1 Å². The van der Waals surface area contributed by atoms with Gasteiger partial charge in [-0.25, -0.2) is 0 Å². The van der Waals surface area contributed by atoms with Gasteiger partial charge in [-0.15, -0.1) is 0 Å². The fourth-order valence-electron chi connectivity index (χ4n) is 1.62. The molecule has 0 aliphatic carbocycles. The molecular weight excluding hydrogens is 292 g/mol. The Morgan fingerprint density at radius 3 is 2.61 bits per heavy atom. The maximum atomic E-state index is 12.0. The van der Waals surface area contributed by atoms with Gasteiger partial charge in [0.1, 0.15) is 0 Å². The number of nitrogen functional groups attached to an aromatic ring is 1. The minimum Gasteiger partial charge on any atom is -0.398 e. The van der Waals surface area contributed by atoms with Gasteiger partial charge >= 0.3 is 0 Å². The highest BCUT2D eigenvalue weighted by Crippen LogP contribution is 2.21. The summed E-state index contributed by atoms with van der Waals surface area (Å²) in [6, 6.07) is 12.7. The van der Waals surface area contributed by atoms with Gasteiger partial charge in [0.15, 0.2) is 0 Å². The molecule has 0 aliphatic rings. The first kappa shape index (κ1) is 12.6. The summed E-state index contributed by atoms with van der Waals surface area (Å²) < 4.78 is 1.01. The van der Waals surface area contributed by atoms with Crippen molar-refractivity contribution in [1.82, 2.24) is 0 Å². The second kappa shape index (κ2) is 5.23. The summed E-state index contributed by atoms with van der Waals surface area (Å²) >= 11 is 3.42. The highest BCUT2D eigenvalue weighted by atomic mass is 79.9. The van der Waals surface area contributed by atoms with Crippen molar-refractivity contribution < 1.29 is 4.79 Å². The van der Waals surface area contributed by atoms with Crippen molar-refractivity contribution in [1.29, 1.82) is 0 Å². The zero-order valence-electron chi connectivity index (χ0n) is 9.91. The molecule has 2 aromatic carbocycles. The van der Waals surface area contributed by atoms with E-state index in [4.69, 9.17) is 5.73 Å². The molecule has 0 saturated heterocycles. The number of nitrogens with one attached hydrogen (secondary N) is 1. The Labute approximate surface area is 114 Å². The van der Waals surface area contributed by atoms with Gasteiger partial charge in [0.05, 0.1) is 5.56 Å². The zero-order valence-corrected chi connectivity index (χ0v) is 11.5. The number of hydrogen-bond donors (Lipinski definition) is 2. The van der Waals surface area contributed by atoms with Crippen LogP contribution in [-0.4, -0.2) is 5.91 Å². The Balaban J connectivity index is 2.22. The Morgan fingerprint density at radius 2 is 1.94 bits per heavy atom. The Bertz CT molecular complexity index is 596. The van der Waals surface area contributed by atoms with Gasteiger partial charge in [-0.3, -0.25) is 4.79 Å². The van der Waals surface area contributed by atoms with Crippen LogP contribution in [-0.2, 0) is 0 Å². The third-order valence-electron chi connectivity index (χ3n) is 2.62. The largest absolute Gasteiger partial charge is 0.398 e. The zero-order chi connectivity index (χ0) is 13.1. The number of aryl methyl sites for hydroxylation is 1. The van der Waals surface area contributed by atoms with Gasteiger partial charge in [0, 0.05) is 15.8 Å². The lowest BCUT2D eigenvalue weighted by atomic mass is 10.1. The maximum Gasteiger partial charge on any atom is 0.257 e. The fourth-order valence-corrected chi connectivity index (χ4v) is 1.87. The van der Waals surface area contributed by atoms with E-state index in [1.54, 1.807) is 24.3 Å². The lowest BCUT2D eigenvalue weighted by molar-refractivity contribution is 0.102. The molecule has 92 valence electrons. The Morgan fingerprint density at radius 1 is 1.22 bits per heavy atom. The number of para-hydroxylation sites is 1. The van der Waals surface area contributed by atoms with E-state index in [-0.39, 0.29) is 5.91 Å². The summed E-state index contributed by atoms with van der Waals surface area (Å²) in [5, 5.41) is 2.83. The first-order chi connectivity index (χ1) is 8.58. The van der Waals surface area contributed by atoms with Crippen LogP contribution >= 0.6 is 15.9 Å². The predicted octanol–water partition coefficient (Wildman–Crippen LogP) is 3.59. The number of anilines is 2. The van der Waals surface area contributed by atoms with Crippen molar-refractivity contribution in [3.8, 4) is 0 Å². The molecule has 0 fully saturated rings. The van der Waals surface area contributed by atoms with Crippen molar-refractivity contribution in [2.24, 2.45) is 0 Å². The summed E-state index contributed by atoms with van der Waals surface area (Å²) in [4.78, 5) is 12.0. The van der Waals surface area contributed by atoms with Crippen molar-refractivity contribution in [3.63, 3.8) is 0 Å². The minimum absolute atomic E-state index is 0.199. The number of benzene rings is 2. The van der Waals surface area contributed by atoms with Gasteiger partial charge in [0.25, 0.3) is 5.91 Å². The molecule has 3 nitrogen and oxygen atoms in total. The molecule has 2 rings (SSSR count). The van der Waals surface area contributed by atoms with Crippen molar-refractivity contribution in [2.45, 2.75) is 6.92 Å². The summed E-state index contributed by atoms with van der Waals surface area (Å²) in [6.45, 7) is 1.97. The first-order valence-electron chi connectivity index (χ1n) is 5.50. The summed E-state index contributed by atoms with van der Waals surface area (Å²) in [5.41, 5.74) is 8.54. The molecule has 0 aromatic heterocycles. The molecule has 4 heteroatoms. The first-order valence-corrected chi connectivity index (χ1v) is 6.29. The molecule has 1 amide bonds. The lowest BCUT2D eigenvalue weighted by Crippen LogP contribution is -2.13. The molecule has 0 heterocycles. The Kier molecular flexibility index (Phi) is 3.67. The second-order valence-electron chi connectivity index (χ2n) is 4.01. The topological polar surface area (TPSA) is 55.1 Å². The number of hydrogen-bond acceptors (Lipinski definition) is 2. The van der Waals surface area contributed by atoms with Crippen molar-refractivity contribution >= 4 is 33.2 Å². The standard InChI is InChI=1S/C14H13BrN2O/c1-9-8-10(6-7-12(9)15)17-14(18)11-4-2-3-5-13(11)16/h2-8H,16H2,1H3,(H,17,18). The van der Waals surface area contributed by atoms with Crippen molar-refractivity contribution in [3.05, 3.63) is 58.1 Å². The summed E-state index contributed by atoms with van der Waals surface area (Å²) in [6.07, 6.45) is 0. The van der Waals surface area contributed by atoms with E-state index in [1.165, 1.54) is 0 Å². The van der Waals surface area contributed by atoms with E-state index in [0.29, 0.717) is 11.3 Å². The van der Waals surface area contributed by atoms with Crippen LogP contribution in [0.5, 0.6) is 0 Å². The third-order valence-corrected chi connectivity index (χ3v) is 3.51. The molecule has 18 heavy (non-hydrogen) atoms. The van der Waals surface area contributed by atoms with Crippen LogP contribution in [0.3, 0.4) is 0 Å². The summed E-state index contributed by atoms with van der Waals surface area (Å²) in [5.74, 6) is -0.199. The predicted molar refractivity (Wildman–Crippen MR) is 77.7 cm³/mol. The van der Waals surface area contributed by atoms with Crippen LogP contribution in [0.2, 0.25) is 0 Å². The summed E-state index contributed by atoms with van der Waals surface area (Å²) in [7, 11) is 0. The number of halogens is 1. The molecule has 0 saturated carbocycles. The van der Waals surface area contributed by atoms with E-state index in [9.17, 15) is 4.79 Å². The Hall–Kier alpha value is -1.81. The van der Waals surface area contributed by atoms with Gasteiger partial charge in [0.2, 0.25) is 0 Å². The average molecular weight is 305 g/mol. The highest BCUT2D eigenvalue weighted by molar-refractivity contribution is 9.10. The van der Waals surface area contributed by atoms with Crippen molar-refractivity contribution in [2.75, 3.05) is 11.1 Å². The van der Waals surface area contributed by atoms with Crippen LogP contribution in [0.4, 0.5) is 11.4 Å².